The largest absolute Gasteiger partial charge is 0.415 e. The van der Waals surface area contributed by atoms with Crippen molar-refractivity contribution in [2.75, 3.05) is 0 Å². The Morgan fingerprint density at radius 3 is 2.50 bits per heavy atom. The molecule has 1 aromatic carbocycles. The minimum absolute atomic E-state index is 0.350. The molecule has 0 saturated carbocycles. The van der Waals surface area contributed by atoms with Gasteiger partial charge in [0.25, 0.3) is 0 Å². The molecule has 2 rings (SSSR count). The first-order valence-corrected chi connectivity index (χ1v) is 4.68. The average molecular weight is 228 g/mol. The van der Waals surface area contributed by atoms with Crippen LogP contribution in [0.5, 0.6) is 0 Å². The summed E-state index contributed by atoms with van der Waals surface area (Å²) >= 11 is 0. The molecule has 1 atom stereocenters. The van der Waals surface area contributed by atoms with Crippen molar-refractivity contribution in [1.29, 1.82) is 0 Å². The summed E-state index contributed by atoms with van der Waals surface area (Å²) in [6.45, 7) is 0. The van der Waals surface area contributed by atoms with Crippen LogP contribution >= 0.6 is 0 Å². The maximum atomic E-state index is 12.5. The number of fused-ring (bicyclic) bond motifs is 1. The van der Waals surface area contributed by atoms with Crippen LogP contribution in [0.3, 0.4) is 0 Å². The second-order valence-corrected chi connectivity index (χ2v) is 3.53. The van der Waals surface area contributed by atoms with Crippen molar-refractivity contribution >= 4 is 6.08 Å². The van der Waals surface area contributed by atoms with E-state index in [-0.39, 0.29) is 6.33 Å². The van der Waals surface area contributed by atoms with Gasteiger partial charge in [0.2, 0.25) is 0 Å². The Morgan fingerprint density at radius 2 is 1.88 bits per heavy atom. The van der Waals surface area contributed by atoms with Crippen molar-refractivity contribution in [3.05, 3.63) is 53.4 Å². The van der Waals surface area contributed by atoms with Crippen molar-refractivity contribution < 1.29 is 17.6 Å². The average Bonchev–Trinajstić information content (AvgIpc) is 2.61. The van der Waals surface area contributed by atoms with Crippen LogP contribution in [0.15, 0.2) is 42.2 Å². The Bertz CT molecular complexity index is 454. The van der Waals surface area contributed by atoms with Gasteiger partial charge in [-0.2, -0.15) is 13.2 Å². The molecule has 84 valence electrons. The van der Waals surface area contributed by atoms with Crippen LogP contribution in [0.1, 0.15) is 17.0 Å². The molecule has 0 fully saturated rings. The van der Waals surface area contributed by atoms with Crippen LogP contribution in [0.2, 0.25) is 0 Å². The van der Waals surface area contributed by atoms with Crippen molar-refractivity contribution in [2.45, 2.75) is 12.1 Å². The molecule has 0 nitrogen and oxygen atoms in total. The quantitative estimate of drug-likeness (QED) is 0.631. The monoisotopic (exact) mass is 228 g/mol. The van der Waals surface area contributed by atoms with Gasteiger partial charge >= 0.3 is 6.18 Å². The lowest BCUT2D eigenvalue weighted by Crippen LogP contribution is -2.16. The zero-order valence-electron chi connectivity index (χ0n) is 8.13. The third-order valence-electron chi connectivity index (χ3n) is 2.58. The lowest BCUT2D eigenvalue weighted by Gasteiger charge is -2.16. The summed E-state index contributed by atoms with van der Waals surface area (Å²) in [6.07, 6.45) is -2.04. The van der Waals surface area contributed by atoms with E-state index in [0.717, 1.165) is 0 Å². The van der Waals surface area contributed by atoms with E-state index in [1.165, 1.54) is 6.08 Å². The number of rotatable bonds is 1. The van der Waals surface area contributed by atoms with E-state index < -0.39 is 17.7 Å². The SMILES string of the molecule is FC=C(C1C=Cc2ccccc21)C(F)(F)F. The van der Waals surface area contributed by atoms with Gasteiger partial charge in [0.1, 0.15) is 0 Å². The Balaban J connectivity index is 2.43. The fourth-order valence-electron chi connectivity index (χ4n) is 1.83. The highest BCUT2D eigenvalue weighted by atomic mass is 19.4. The maximum absolute atomic E-state index is 12.5. The molecular formula is C12H8F4. The molecule has 0 amide bonds. The second-order valence-electron chi connectivity index (χ2n) is 3.53. The molecule has 0 aliphatic heterocycles. The molecule has 0 saturated heterocycles. The summed E-state index contributed by atoms with van der Waals surface area (Å²) in [5, 5.41) is 0. The molecule has 0 radical (unpaired) electrons. The van der Waals surface area contributed by atoms with Gasteiger partial charge in [-0.15, -0.1) is 0 Å². The van der Waals surface area contributed by atoms with Gasteiger partial charge in [0.05, 0.1) is 11.9 Å². The highest BCUT2D eigenvalue weighted by Crippen LogP contribution is 2.42. The van der Waals surface area contributed by atoms with E-state index in [4.69, 9.17) is 0 Å². The van der Waals surface area contributed by atoms with Crippen LogP contribution in [0.4, 0.5) is 17.6 Å². The highest BCUT2D eigenvalue weighted by Gasteiger charge is 2.40. The van der Waals surface area contributed by atoms with Crippen molar-refractivity contribution in [2.24, 2.45) is 0 Å². The van der Waals surface area contributed by atoms with Gasteiger partial charge in [-0.05, 0) is 11.1 Å². The van der Waals surface area contributed by atoms with Crippen LogP contribution < -0.4 is 0 Å². The molecule has 1 aromatic rings. The normalized spacial score (nSPS) is 20.0. The maximum Gasteiger partial charge on any atom is 0.415 e. The first-order valence-electron chi connectivity index (χ1n) is 4.68. The van der Waals surface area contributed by atoms with Crippen LogP contribution in [-0.4, -0.2) is 6.18 Å². The topological polar surface area (TPSA) is 0 Å². The lowest BCUT2D eigenvalue weighted by atomic mass is 9.93. The second kappa shape index (κ2) is 3.77. The minimum Gasteiger partial charge on any atom is -0.215 e. The number of allylic oxidation sites excluding steroid dienone is 2. The van der Waals surface area contributed by atoms with E-state index in [9.17, 15) is 17.6 Å². The summed E-state index contributed by atoms with van der Waals surface area (Å²) in [4.78, 5) is 0. The fraction of sp³-hybridized carbons (Fsp3) is 0.167. The molecule has 0 bridgehead atoms. The molecular weight excluding hydrogens is 220 g/mol. The van der Waals surface area contributed by atoms with Crippen molar-refractivity contribution in [1.82, 2.24) is 0 Å². The Morgan fingerprint density at radius 1 is 1.19 bits per heavy atom. The molecule has 0 heterocycles. The Hall–Kier alpha value is -1.58. The number of hydrogen-bond acceptors (Lipinski definition) is 0. The number of benzene rings is 1. The van der Waals surface area contributed by atoms with Gasteiger partial charge in [0.15, 0.2) is 0 Å². The molecule has 0 N–H and O–H groups in total. The van der Waals surface area contributed by atoms with E-state index in [2.05, 4.69) is 0 Å². The molecule has 4 heteroatoms. The van der Waals surface area contributed by atoms with Crippen LogP contribution in [0, 0.1) is 0 Å². The van der Waals surface area contributed by atoms with Crippen molar-refractivity contribution in [3.63, 3.8) is 0 Å². The van der Waals surface area contributed by atoms with Crippen LogP contribution in [0.25, 0.3) is 6.08 Å². The van der Waals surface area contributed by atoms with Gasteiger partial charge in [-0.25, -0.2) is 4.39 Å². The molecule has 1 aliphatic carbocycles. The molecule has 1 unspecified atom stereocenters. The third-order valence-corrected chi connectivity index (χ3v) is 2.58. The molecule has 16 heavy (non-hydrogen) atoms. The third kappa shape index (κ3) is 1.75. The van der Waals surface area contributed by atoms with E-state index >= 15 is 0 Å². The minimum atomic E-state index is -4.64. The zero-order valence-corrected chi connectivity index (χ0v) is 8.13. The Labute approximate surface area is 89.9 Å². The van der Waals surface area contributed by atoms with E-state index in [0.29, 0.717) is 11.1 Å². The number of hydrogen-bond donors (Lipinski definition) is 0. The first-order chi connectivity index (χ1) is 7.54. The number of halogens is 4. The van der Waals surface area contributed by atoms with Crippen LogP contribution in [-0.2, 0) is 0 Å². The zero-order chi connectivity index (χ0) is 11.8. The molecule has 0 aromatic heterocycles. The summed E-state index contributed by atoms with van der Waals surface area (Å²) in [5.74, 6) is -1.03. The first kappa shape index (κ1) is 10.9. The molecule has 0 spiro atoms. The fourth-order valence-corrected chi connectivity index (χ4v) is 1.83. The Kier molecular flexibility index (Phi) is 2.58. The predicted octanol–water partition coefficient (Wildman–Crippen LogP) is 4.21. The van der Waals surface area contributed by atoms with E-state index in [1.807, 2.05) is 0 Å². The standard InChI is InChI=1S/C12H8F4/c13-7-11(12(14,15)16)10-6-5-8-3-1-2-4-9(8)10/h1-7,10H. The highest BCUT2D eigenvalue weighted by molar-refractivity contribution is 5.65. The summed E-state index contributed by atoms with van der Waals surface area (Å²) in [6, 6.07) is 6.66. The molecule has 1 aliphatic rings. The summed E-state index contributed by atoms with van der Waals surface area (Å²) in [7, 11) is 0. The smallest absolute Gasteiger partial charge is 0.215 e. The summed E-state index contributed by atoms with van der Waals surface area (Å²) < 4.78 is 50.0. The van der Waals surface area contributed by atoms with Gasteiger partial charge in [-0.3, -0.25) is 0 Å². The summed E-state index contributed by atoms with van der Waals surface area (Å²) in [5.41, 5.74) is 0.0357. The lowest BCUT2D eigenvalue weighted by molar-refractivity contribution is -0.0954. The van der Waals surface area contributed by atoms with E-state index in [1.54, 1.807) is 30.3 Å². The van der Waals surface area contributed by atoms with Gasteiger partial charge in [-0.1, -0.05) is 36.4 Å². The predicted molar refractivity (Wildman–Crippen MR) is 53.5 cm³/mol. The van der Waals surface area contributed by atoms with Gasteiger partial charge < -0.3 is 0 Å². The van der Waals surface area contributed by atoms with Crippen molar-refractivity contribution in [3.8, 4) is 0 Å². The van der Waals surface area contributed by atoms with Gasteiger partial charge in [0, 0.05) is 5.92 Å². The number of alkyl halides is 3.